The van der Waals surface area contributed by atoms with Gasteiger partial charge < -0.3 is 5.73 Å². The molecular formula is C8H6BrFIN3O. The summed E-state index contributed by atoms with van der Waals surface area (Å²) in [5.41, 5.74) is 7.33. The average molecular weight is 386 g/mol. The summed E-state index contributed by atoms with van der Waals surface area (Å²) in [5, 5.41) is 3.52. The maximum atomic E-state index is 13.1. The Hall–Kier alpha value is -0.700. The zero-order valence-corrected chi connectivity index (χ0v) is 11.0. The first-order valence-corrected chi connectivity index (χ1v) is 5.61. The van der Waals surface area contributed by atoms with Gasteiger partial charge in [0.2, 0.25) is 0 Å². The van der Waals surface area contributed by atoms with E-state index in [1.165, 1.54) is 12.3 Å². The van der Waals surface area contributed by atoms with Crippen molar-refractivity contribution < 1.29 is 9.18 Å². The fraction of sp³-hybridized carbons (Fsp3) is 0. The van der Waals surface area contributed by atoms with Crippen LogP contribution in [0.1, 0.15) is 5.56 Å². The molecule has 0 aliphatic rings. The number of amides is 2. The second-order valence-electron chi connectivity index (χ2n) is 2.52. The lowest BCUT2D eigenvalue weighted by molar-refractivity contribution is 0.249. The van der Waals surface area contributed by atoms with Crippen LogP contribution in [0.5, 0.6) is 0 Å². The Balaban J connectivity index is 2.90. The largest absolute Gasteiger partial charge is 0.350 e. The third-order valence-electron chi connectivity index (χ3n) is 1.42. The number of hydrogen-bond acceptors (Lipinski definition) is 2. The van der Waals surface area contributed by atoms with Crippen molar-refractivity contribution in [1.82, 2.24) is 5.43 Å². The Morgan fingerprint density at radius 1 is 1.67 bits per heavy atom. The molecule has 0 atom stereocenters. The lowest BCUT2D eigenvalue weighted by Gasteiger charge is -2.00. The minimum atomic E-state index is -0.770. The van der Waals surface area contributed by atoms with E-state index in [1.807, 2.05) is 28.0 Å². The topological polar surface area (TPSA) is 67.5 Å². The summed E-state index contributed by atoms with van der Waals surface area (Å²) in [6.45, 7) is 0. The molecule has 0 fully saturated rings. The Kier molecular flexibility index (Phi) is 4.45. The van der Waals surface area contributed by atoms with Crippen LogP contribution in [0.4, 0.5) is 9.18 Å². The molecule has 0 radical (unpaired) electrons. The summed E-state index contributed by atoms with van der Waals surface area (Å²) in [7, 11) is 0. The van der Waals surface area contributed by atoms with Crippen molar-refractivity contribution in [3.8, 4) is 0 Å². The smallest absolute Gasteiger partial charge is 0.332 e. The van der Waals surface area contributed by atoms with E-state index in [0.29, 0.717) is 13.6 Å². The van der Waals surface area contributed by atoms with E-state index in [4.69, 9.17) is 5.73 Å². The monoisotopic (exact) mass is 385 g/mol. The fourth-order valence-electron chi connectivity index (χ4n) is 0.802. The van der Waals surface area contributed by atoms with E-state index in [2.05, 4.69) is 21.0 Å². The quantitative estimate of drug-likeness (QED) is 0.348. The maximum absolute atomic E-state index is 13.1. The highest BCUT2D eigenvalue weighted by Crippen LogP contribution is 2.21. The summed E-state index contributed by atoms with van der Waals surface area (Å²) in [6, 6.07) is 2.15. The van der Waals surface area contributed by atoms with Crippen molar-refractivity contribution in [2.45, 2.75) is 0 Å². The Labute approximate surface area is 107 Å². The van der Waals surface area contributed by atoms with E-state index in [9.17, 15) is 9.18 Å². The number of benzene rings is 1. The molecule has 80 valence electrons. The molecule has 0 aliphatic carbocycles. The molecule has 1 rings (SSSR count). The van der Waals surface area contributed by atoms with E-state index in [1.54, 1.807) is 6.07 Å². The number of carbonyl (C=O) groups is 1. The molecule has 1 aromatic rings. The van der Waals surface area contributed by atoms with Gasteiger partial charge in [-0.05, 0) is 34.7 Å². The minimum absolute atomic E-state index is 0.348. The normalized spacial score (nSPS) is 10.6. The van der Waals surface area contributed by atoms with Crippen LogP contribution in [-0.4, -0.2) is 12.2 Å². The maximum Gasteiger partial charge on any atom is 0.332 e. The van der Waals surface area contributed by atoms with Crippen LogP contribution in [0.3, 0.4) is 0 Å². The highest BCUT2D eigenvalue weighted by molar-refractivity contribution is 14.1. The van der Waals surface area contributed by atoms with Crippen molar-refractivity contribution in [2.75, 3.05) is 0 Å². The Morgan fingerprint density at radius 2 is 2.33 bits per heavy atom. The van der Waals surface area contributed by atoms with Gasteiger partial charge in [-0.1, -0.05) is 15.9 Å². The van der Waals surface area contributed by atoms with Crippen LogP contribution in [0, 0.1) is 9.39 Å². The van der Waals surface area contributed by atoms with Gasteiger partial charge >= 0.3 is 6.03 Å². The minimum Gasteiger partial charge on any atom is -0.350 e. The average Bonchev–Trinajstić information content (AvgIpc) is 2.13. The van der Waals surface area contributed by atoms with Crippen molar-refractivity contribution in [1.29, 1.82) is 0 Å². The molecule has 7 heteroatoms. The van der Waals surface area contributed by atoms with Gasteiger partial charge in [-0.15, -0.1) is 0 Å². The lowest BCUT2D eigenvalue weighted by Crippen LogP contribution is -2.24. The van der Waals surface area contributed by atoms with Gasteiger partial charge in [-0.3, -0.25) is 0 Å². The van der Waals surface area contributed by atoms with E-state index >= 15 is 0 Å². The third kappa shape index (κ3) is 3.74. The van der Waals surface area contributed by atoms with Gasteiger partial charge in [0.1, 0.15) is 5.82 Å². The number of primary amides is 1. The summed E-state index contributed by atoms with van der Waals surface area (Å²) in [4.78, 5) is 10.3. The van der Waals surface area contributed by atoms with Crippen LogP contribution in [-0.2, 0) is 0 Å². The molecule has 0 bridgehead atoms. The van der Waals surface area contributed by atoms with Crippen LogP contribution in [0.25, 0.3) is 0 Å². The predicted octanol–water partition coefficient (Wildman–Crippen LogP) is 2.20. The van der Waals surface area contributed by atoms with E-state index in [0.717, 1.165) is 0 Å². The van der Waals surface area contributed by atoms with Gasteiger partial charge in [0.05, 0.1) is 6.21 Å². The van der Waals surface area contributed by atoms with Gasteiger partial charge in [-0.25, -0.2) is 14.6 Å². The van der Waals surface area contributed by atoms with Crippen molar-refractivity contribution in [2.24, 2.45) is 10.8 Å². The summed E-state index contributed by atoms with van der Waals surface area (Å²) in [5.74, 6) is -0.348. The van der Waals surface area contributed by atoms with Crippen molar-refractivity contribution >= 4 is 50.8 Å². The summed E-state index contributed by atoms with van der Waals surface area (Å²) < 4.78 is 14.3. The molecule has 1 aromatic carbocycles. The Morgan fingerprint density at radius 3 is 2.93 bits per heavy atom. The molecule has 4 nitrogen and oxygen atoms in total. The second kappa shape index (κ2) is 5.40. The number of nitrogens with two attached hydrogens (primary N) is 1. The first-order chi connectivity index (χ1) is 7.00. The number of nitrogens with one attached hydrogen (secondary N) is 1. The third-order valence-corrected chi connectivity index (χ3v) is 2.93. The number of hydrazone groups is 1. The number of urea groups is 1. The zero-order valence-electron chi connectivity index (χ0n) is 7.30. The van der Waals surface area contributed by atoms with Gasteiger partial charge in [0.25, 0.3) is 0 Å². The zero-order chi connectivity index (χ0) is 11.4. The molecule has 0 aliphatic heterocycles. The molecule has 0 aromatic heterocycles. The molecule has 0 spiro atoms. The van der Waals surface area contributed by atoms with Crippen molar-refractivity contribution in [3.05, 3.63) is 31.6 Å². The standard InChI is InChI=1S/C8H6BrFIN3O/c9-5-2-7(11)6(10)1-4(5)3-13-14-8(12)15/h1-3H,(H3,12,14,15). The first-order valence-electron chi connectivity index (χ1n) is 3.73. The van der Waals surface area contributed by atoms with Gasteiger partial charge in [-0.2, -0.15) is 5.10 Å². The highest BCUT2D eigenvalue weighted by Gasteiger charge is 2.04. The molecule has 3 N–H and O–H groups in total. The molecule has 0 saturated carbocycles. The van der Waals surface area contributed by atoms with Crippen LogP contribution < -0.4 is 11.2 Å². The van der Waals surface area contributed by atoms with E-state index < -0.39 is 6.03 Å². The SMILES string of the molecule is NC(=O)NN=Cc1cc(F)c(I)cc1Br. The number of nitrogens with zero attached hydrogens (tertiary/aromatic N) is 1. The number of carbonyl (C=O) groups excluding carboxylic acids is 1. The predicted molar refractivity (Wildman–Crippen MR) is 67.1 cm³/mol. The fourth-order valence-corrected chi connectivity index (χ4v) is 2.14. The van der Waals surface area contributed by atoms with Crippen LogP contribution in [0.2, 0.25) is 0 Å². The van der Waals surface area contributed by atoms with E-state index in [-0.39, 0.29) is 5.82 Å². The molecule has 0 heterocycles. The molecule has 2 amide bonds. The summed E-state index contributed by atoms with van der Waals surface area (Å²) in [6.07, 6.45) is 1.30. The Bertz CT molecular complexity index is 425. The molecule has 15 heavy (non-hydrogen) atoms. The first kappa shape index (κ1) is 12.4. The summed E-state index contributed by atoms with van der Waals surface area (Å²) >= 11 is 5.12. The molecule has 0 unspecified atom stereocenters. The highest BCUT2D eigenvalue weighted by atomic mass is 127. The molecule has 0 saturated heterocycles. The van der Waals surface area contributed by atoms with Gasteiger partial charge in [0.15, 0.2) is 0 Å². The lowest BCUT2D eigenvalue weighted by atomic mass is 10.2. The van der Waals surface area contributed by atoms with Crippen LogP contribution in [0.15, 0.2) is 21.7 Å². The number of hydrogen-bond donors (Lipinski definition) is 2. The van der Waals surface area contributed by atoms with Gasteiger partial charge in [0, 0.05) is 13.6 Å². The second-order valence-corrected chi connectivity index (χ2v) is 4.54. The molecular weight excluding hydrogens is 380 g/mol. The van der Waals surface area contributed by atoms with Crippen molar-refractivity contribution in [3.63, 3.8) is 0 Å². The number of halogens is 3. The van der Waals surface area contributed by atoms with Crippen LogP contribution >= 0.6 is 38.5 Å². The number of rotatable bonds is 2.